The number of carbonyl (C=O) groups excluding carboxylic acids is 4. The van der Waals surface area contributed by atoms with Crippen molar-refractivity contribution in [2.45, 2.75) is 51.4 Å². The highest BCUT2D eigenvalue weighted by atomic mass is 19.1. The Hall–Kier alpha value is -5.33. The summed E-state index contributed by atoms with van der Waals surface area (Å²) < 4.78 is 41.4. The van der Waals surface area contributed by atoms with E-state index in [1.165, 1.54) is 56.6 Å². The topological polar surface area (TPSA) is 150 Å². The Kier molecular flexibility index (Phi) is 11.1. The van der Waals surface area contributed by atoms with Gasteiger partial charge in [0.25, 0.3) is 5.91 Å². The first-order valence-electron chi connectivity index (χ1n) is 15.2. The summed E-state index contributed by atoms with van der Waals surface area (Å²) in [4.78, 5) is 54.4. The summed E-state index contributed by atoms with van der Waals surface area (Å²) in [5.74, 6) is -2.22. The van der Waals surface area contributed by atoms with Crippen LogP contribution in [0.5, 0.6) is 23.0 Å². The van der Waals surface area contributed by atoms with E-state index in [0.29, 0.717) is 17.9 Å². The molecule has 1 aliphatic heterocycles. The van der Waals surface area contributed by atoms with E-state index in [4.69, 9.17) is 23.7 Å². The minimum absolute atomic E-state index is 0.0893. The molecule has 0 aromatic heterocycles. The number of ether oxygens (including phenoxy) is 5. The van der Waals surface area contributed by atoms with E-state index in [2.05, 4.69) is 5.32 Å². The van der Waals surface area contributed by atoms with Crippen molar-refractivity contribution >= 4 is 23.8 Å². The molecule has 2 N–H and O–H groups in total. The van der Waals surface area contributed by atoms with E-state index in [9.17, 15) is 28.7 Å². The van der Waals surface area contributed by atoms with Crippen molar-refractivity contribution in [1.29, 1.82) is 0 Å². The number of phenolic OH excluding ortho intramolecular Hbond substituents is 1. The number of hydrogen-bond acceptors (Lipinski definition) is 10. The third-order valence-corrected chi connectivity index (χ3v) is 7.53. The summed E-state index contributed by atoms with van der Waals surface area (Å²) in [6, 6.07) is 10.9. The number of halogens is 1. The van der Waals surface area contributed by atoms with Gasteiger partial charge >= 0.3 is 12.1 Å². The molecule has 4 rings (SSSR count). The van der Waals surface area contributed by atoms with E-state index in [1.54, 1.807) is 26.8 Å². The van der Waals surface area contributed by atoms with Gasteiger partial charge in [-0.2, -0.15) is 0 Å². The Morgan fingerprint density at radius 2 is 1.58 bits per heavy atom. The van der Waals surface area contributed by atoms with Crippen LogP contribution in [0, 0.1) is 5.82 Å². The van der Waals surface area contributed by atoms with Gasteiger partial charge in [-0.05, 0) is 70.0 Å². The second kappa shape index (κ2) is 15.1. The van der Waals surface area contributed by atoms with Gasteiger partial charge in [0.15, 0.2) is 17.3 Å². The Bertz CT molecular complexity index is 1670. The normalized spacial score (nSPS) is 16.3. The number of esters is 1. The monoisotopic (exact) mass is 666 g/mol. The molecule has 1 aliphatic rings. The van der Waals surface area contributed by atoms with Crippen LogP contribution >= 0.6 is 0 Å². The van der Waals surface area contributed by atoms with Gasteiger partial charge in [-0.3, -0.25) is 9.59 Å². The lowest BCUT2D eigenvalue weighted by atomic mass is 10.00. The van der Waals surface area contributed by atoms with Crippen LogP contribution in [0.4, 0.5) is 9.18 Å². The maximum atomic E-state index is 13.9. The van der Waals surface area contributed by atoms with Crippen LogP contribution in [0.1, 0.15) is 70.3 Å². The quantitative estimate of drug-likeness (QED) is 0.232. The molecule has 256 valence electrons. The summed E-state index contributed by atoms with van der Waals surface area (Å²) >= 11 is 0. The van der Waals surface area contributed by atoms with Gasteiger partial charge in [0, 0.05) is 24.7 Å². The van der Waals surface area contributed by atoms with E-state index < -0.39 is 53.1 Å². The third kappa shape index (κ3) is 8.52. The number of likely N-dealkylation sites (tertiary alicyclic amines) is 1. The summed E-state index contributed by atoms with van der Waals surface area (Å²) in [7, 11) is 4.31. The van der Waals surface area contributed by atoms with Crippen molar-refractivity contribution < 1.29 is 52.4 Å². The van der Waals surface area contributed by atoms with E-state index in [0.717, 1.165) is 18.2 Å². The molecule has 1 saturated heterocycles. The minimum atomic E-state index is -0.949. The molecule has 0 radical (unpaired) electrons. The molecule has 2 atom stereocenters. The van der Waals surface area contributed by atoms with Crippen LogP contribution in [0.2, 0.25) is 0 Å². The van der Waals surface area contributed by atoms with Gasteiger partial charge in [0.05, 0.1) is 44.1 Å². The number of carbonyl (C=O) groups is 4. The number of nitrogens with one attached hydrogen (secondary N) is 1. The zero-order chi connectivity index (χ0) is 35.2. The number of methoxy groups -OCH3 is 3. The first-order chi connectivity index (χ1) is 22.7. The SMILES string of the molecule is COc1cc(OC)c(OC)c(C(=O)c2ccc(C(=O)O[C@@H]3CCCN(C(=O)OC(C)(C)C)C[C@H]3NC(=O)c3cc(F)ccc3O)cc2)c1. The molecule has 48 heavy (non-hydrogen) atoms. The lowest BCUT2D eigenvalue weighted by molar-refractivity contribution is 0.0127. The largest absolute Gasteiger partial charge is 0.507 e. The molecule has 0 saturated carbocycles. The number of phenols is 1. The molecular weight excluding hydrogens is 627 g/mol. The van der Waals surface area contributed by atoms with Crippen molar-refractivity contribution in [1.82, 2.24) is 10.2 Å². The minimum Gasteiger partial charge on any atom is -0.507 e. The average molecular weight is 667 g/mol. The molecule has 12 nitrogen and oxygen atoms in total. The van der Waals surface area contributed by atoms with Gasteiger partial charge in [0.2, 0.25) is 0 Å². The fraction of sp³-hybridized carbons (Fsp3) is 0.371. The summed E-state index contributed by atoms with van der Waals surface area (Å²) in [5.41, 5.74) is -0.525. The Labute approximate surface area is 277 Å². The Morgan fingerprint density at radius 1 is 0.896 bits per heavy atom. The molecule has 3 aromatic carbocycles. The molecule has 0 unspecified atom stereocenters. The average Bonchev–Trinajstić information content (AvgIpc) is 3.25. The molecule has 3 aromatic rings. The Balaban J connectivity index is 1.56. The molecule has 1 fully saturated rings. The second-order valence-electron chi connectivity index (χ2n) is 12.1. The highest BCUT2D eigenvalue weighted by Crippen LogP contribution is 2.37. The van der Waals surface area contributed by atoms with Gasteiger partial charge < -0.3 is 39.0 Å². The number of aromatic hydroxyl groups is 1. The standard InChI is InChI=1S/C35H39FN2O10/c1-35(2,3)48-34(43)38-15-7-8-28(26(19-38)37-32(41)24-16-22(36)13-14-27(24)39)47-33(42)21-11-9-20(10-12-21)30(40)25-17-23(44-4)18-29(45-5)31(25)46-6/h9-14,16-18,26,28,39H,7-8,15,19H2,1-6H3,(H,37,41)/t26-,28-/m1/s1. The maximum absolute atomic E-state index is 13.9. The number of hydrogen-bond donors (Lipinski definition) is 2. The zero-order valence-corrected chi connectivity index (χ0v) is 27.6. The third-order valence-electron chi connectivity index (χ3n) is 7.53. The van der Waals surface area contributed by atoms with Crippen molar-refractivity contribution in [3.05, 3.63) is 82.7 Å². The van der Waals surface area contributed by atoms with Gasteiger partial charge in [-0.25, -0.2) is 14.0 Å². The number of amides is 2. The first-order valence-corrected chi connectivity index (χ1v) is 15.2. The molecule has 0 bridgehead atoms. The molecule has 0 spiro atoms. The predicted molar refractivity (Wildman–Crippen MR) is 172 cm³/mol. The summed E-state index contributed by atoms with van der Waals surface area (Å²) in [6.45, 7) is 5.34. The maximum Gasteiger partial charge on any atom is 0.410 e. The van der Waals surface area contributed by atoms with E-state index in [1.807, 2.05) is 0 Å². The number of nitrogens with zero attached hydrogens (tertiary/aromatic N) is 1. The lowest BCUT2D eigenvalue weighted by Crippen LogP contribution is -2.51. The first kappa shape index (κ1) is 35.5. The lowest BCUT2D eigenvalue weighted by Gasteiger charge is -2.30. The van der Waals surface area contributed by atoms with Crippen LogP contribution in [-0.4, -0.2) is 85.9 Å². The second-order valence-corrected chi connectivity index (χ2v) is 12.1. The fourth-order valence-corrected chi connectivity index (χ4v) is 5.18. The van der Waals surface area contributed by atoms with Crippen LogP contribution in [0.15, 0.2) is 54.6 Å². The highest BCUT2D eigenvalue weighted by Gasteiger charge is 2.35. The molecule has 13 heteroatoms. The van der Waals surface area contributed by atoms with Crippen molar-refractivity contribution in [3.8, 4) is 23.0 Å². The summed E-state index contributed by atoms with van der Waals surface area (Å²) in [6.07, 6.45) is -0.861. The molecule has 0 aliphatic carbocycles. The fourth-order valence-electron chi connectivity index (χ4n) is 5.18. The van der Waals surface area contributed by atoms with Gasteiger partial charge in [-0.15, -0.1) is 0 Å². The van der Waals surface area contributed by atoms with E-state index in [-0.39, 0.29) is 47.5 Å². The number of benzene rings is 3. The van der Waals surface area contributed by atoms with Gasteiger partial charge in [-0.1, -0.05) is 12.1 Å². The molecular formula is C35H39FN2O10. The van der Waals surface area contributed by atoms with Crippen molar-refractivity contribution in [3.63, 3.8) is 0 Å². The van der Waals surface area contributed by atoms with Crippen LogP contribution in [0.25, 0.3) is 0 Å². The zero-order valence-electron chi connectivity index (χ0n) is 27.6. The summed E-state index contributed by atoms with van der Waals surface area (Å²) in [5, 5.41) is 12.9. The smallest absolute Gasteiger partial charge is 0.410 e. The van der Waals surface area contributed by atoms with Crippen molar-refractivity contribution in [2.75, 3.05) is 34.4 Å². The van der Waals surface area contributed by atoms with E-state index >= 15 is 0 Å². The van der Waals surface area contributed by atoms with Crippen LogP contribution < -0.4 is 19.5 Å². The molecule has 2 amide bonds. The van der Waals surface area contributed by atoms with Crippen LogP contribution in [0.3, 0.4) is 0 Å². The highest BCUT2D eigenvalue weighted by molar-refractivity contribution is 6.11. The van der Waals surface area contributed by atoms with Crippen molar-refractivity contribution in [2.24, 2.45) is 0 Å². The molecule has 1 heterocycles. The van der Waals surface area contributed by atoms with Crippen LogP contribution in [-0.2, 0) is 9.47 Å². The predicted octanol–water partition coefficient (Wildman–Crippen LogP) is 5.14. The number of rotatable bonds is 9. The van der Waals surface area contributed by atoms with Gasteiger partial charge in [0.1, 0.15) is 29.0 Å². The number of ketones is 1. The Morgan fingerprint density at radius 3 is 2.21 bits per heavy atom.